The lowest BCUT2D eigenvalue weighted by Crippen LogP contribution is -2.41. The van der Waals surface area contributed by atoms with Gasteiger partial charge in [0.2, 0.25) is 5.91 Å². The highest BCUT2D eigenvalue weighted by atomic mass is 35.5. The molecule has 0 radical (unpaired) electrons. The average Bonchev–Trinajstić information content (AvgIpc) is 3.26. The van der Waals surface area contributed by atoms with Crippen molar-refractivity contribution >= 4 is 41.0 Å². The fraction of sp³-hybridized carbons (Fsp3) is 0.308. The van der Waals surface area contributed by atoms with E-state index in [1.54, 1.807) is 40.4 Å². The van der Waals surface area contributed by atoms with Gasteiger partial charge in [-0.05, 0) is 48.2 Å². The second kappa shape index (κ2) is 13.2. The summed E-state index contributed by atoms with van der Waals surface area (Å²) in [4.78, 5) is 41.0. The number of carbonyl (C=O) groups is 3. The number of hydrogen-bond acceptors (Lipinski definition) is 5. The number of unbranched alkanes of at least 4 members (excludes halogenated alkanes) is 1. The Balaban J connectivity index is 1.87. The number of aromatic carboxylic acids is 1. The second-order valence-electron chi connectivity index (χ2n) is 8.60. The predicted molar refractivity (Wildman–Crippen MR) is 139 cm³/mol. The van der Waals surface area contributed by atoms with Crippen LogP contribution in [0.1, 0.15) is 64.0 Å². The first-order valence-electron chi connectivity index (χ1n) is 11.8. The van der Waals surface area contributed by atoms with Crippen LogP contribution in [0.15, 0.2) is 48.7 Å². The predicted octanol–water partition coefficient (Wildman–Crippen LogP) is 4.52. The van der Waals surface area contributed by atoms with Crippen LogP contribution in [0.4, 0.5) is 0 Å². The Morgan fingerprint density at radius 1 is 1.11 bits per heavy atom. The van der Waals surface area contributed by atoms with Crippen LogP contribution < -0.4 is 10.8 Å². The van der Waals surface area contributed by atoms with Gasteiger partial charge in [-0.25, -0.2) is 15.3 Å². The number of hydrogen-bond donors (Lipinski definition) is 4. The molecule has 0 aliphatic heterocycles. The molecular weight excluding hydrogens is 519 g/mol. The van der Waals surface area contributed by atoms with Gasteiger partial charge in [-0.15, -0.1) is 0 Å². The van der Waals surface area contributed by atoms with Gasteiger partial charge in [0.25, 0.3) is 5.91 Å². The number of aryl methyl sites for hydroxylation is 1. The first-order valence-corrected chi connectivity index (χ1v) is 12.5. The first kappa shape index (κ1) is 28.2. The van der Waals surface area contributed by atoms with Crippen molar-refractivity contribution < 1.29 is 24.7 Å². The molecule has 0 bridgehead atoms. The zero-order chi connectivity index (χ0) is 26.9. The van der Waals surface area contributed by atoms with Crippen LogP contribution in [-0.2, 0) is 24.2 Å². The van der Waals surface area contributed by atoms with Crippen LogP contribution in [-0.4, -0.2) is 43.7 Å². The van der Waals surface area contributed by atoms with Gasteiger partial charge in [-0.3, -0.25) is 14.8 Å². The third kappa shape index (κ3) is 7.79. The van der Waals surface area contributed by atoms with Gasteiger partial charge in [0.05, 0.1) is 11.8 Å². The normalized spacial score (nSPS) is 11.7. The summed E-state index contributed by atoms with van der Waals surface area (Å²) in [5.74, 6) is -1.40. The SMILES string of the molecule is CCCCc1ncc(C(=O)N[C@@H](CC(=O)NO)Cc2ccc(Cl)cc2Cl)n1Cc1ccc(C(=O)O)cc1. The molecule has 37 heavy (non-hydrogen) atoms. The molecule has 0 saturated heterocycles. The molecule has 0 saturated carbocycles. The minimum atomic E-state index is -1.02. The number of imidazole rings is 1. The summed E-state index contributed by atoms with van der Waals surface area (Å²) in [7, 11) is 0. The number of aromatic nitrogens is 2. The van der Waals surface area contributed by atoms with Crippen molar-refractivity contribution in [1.82, 2.24) is 20.3 Å². The summed E-state index contributed by atoms with van der Waals surface area (Å²) < 4.78 is 1.79. The third-order valence-electron chi connectivity index (χ3n) is 5.84. The molecule has 9 nitrogen and oxygen atoms in total. The molecule has 3 rings (SSSR count). The molecule has 4 N–H and O–H groups in total. The van der Waals surface area contributed by atoms with Crippen molar-refractivity contribution in [2.75, 3.05) is 0 Å². The van der Waals surface area contributed by atoms with Gasteiger partial charge < -0.3 is 15.0 Å². The van der Waals surface area contributed by atoms with Crippen LogP contribution in [0.3, 0.4) is 0 Å². The van der Waals surface area contributed by atoms with E-state index in [1.807, 2.05) is 0 Å². The van der Waals surface area contributed by atoms with Crippen LogP contribution in [0.5, 0.6) is 0 Å². The van der Waals surface area contributed by atoms with Gasteiger partial charge in [0, 0.05) is 35.5 Å². The maximum atomic E-state index is 13.4. The molecule has 0 aliphatic rings. The van der Waals surface area contributed by atoms with Crippen molar-refractivity contribution in [3.05, 3.63) is 86.9 Å². The Bertz CT molecular complexity index is 1260. The Hall–Kier alpha value is -3.40. The first-order chi connectivity index (χ1) is 17.7. The number of nitrogens with one attached hydrogen (secondary N) is 2. The van der Waals surface area contributed by atoms with E-state index < -0.39 is 23.8 Å². The Kier molecular flexibility index (Phi) is 10.1. The molecule has 2 amide bonds. The van der Waals surface area contributed by atoms with Crippen molar-refractivity contribution in [2.45, 2.75) is 51.6 Å². The number of carboxylic acid groups (broad SMARTS) is 1. The summed E-state index contributed by atoms with van der Waals surface area (Å²) in [6.45, 7) is 2.37. The number of rotatable bonds is 12. The van der Waals surface area contributed by atoms with Gasteiger partial charge in [-0.1, -0.05) is 54.7 Å². The highest BCUT2D eigenvalue weighted by molar-refractivity contribution is 6.35. The van der Waals surface area contributed by atoms with E-state index in [0.29, 0.717) is 34.3 Å². The molecule has 0 spiro atoms. The van der Waals surface area contributed by atoms with E-state index in [1.165, 1.54) is 18.3 Å². The number of halogens is 2. The second-order valence-corrected chi connectivity index (χ2v) is 9.44. The van der Waals surface area contributed by atoms with Crippen LogP contribution in [0, 0.1) is 0 Å². The van der Waals surface area contributed by atoms with Crippen molar-refractivity contribution in [3.8, 4) is 0 Å². The average molecular weight is 547 g/mol. The molecule has 3 aromatic rings. The lowest BCUT2D eigenvalue weighted by Gasteiger charge is -2.20. The summed E-state index contributed by atoms with van der Waals surface area (Å²) >= 11 is 12.3. The summed E-state index contributed by atoms with van der Waals surface area (Å²) in [6, 6.07) is 10.7. The number of carbonyl (C=O) groups excluding carboxylic acids is 2. The number of nitrogens with zero attached hydrogens (tertiary/aromatic N) is 2. The summed E-state index contributed by atoms with van der Waals surface area (Å²) in [6.07, 6.45) is 4.02. The molecule has 0 aliphatic carbocycles. The van der Waals surface area contributed by atoms with Gasteiger partial charge >= 0.3 is 5.97 Å². The Morgan fingerprint density at radius 3 is 2.46 bits per heavy atom. The minimum Gasteiger partial charge on any atom is -0.478 e. The molecule has 1 heterocycles. The lowest BCUT2D eigenvalue weighted by atomic mass is 10.0. The molecule has 1 aromatic heterocycles. The number of amides is 2. The standard InChI is InChI=1S/C26H28Cl2N4O5/c1-2-3-4-23-29-14-22(32(23)15-16-5-7-17(8-6-16)26(35)36)25(34)30-20(13-24(33)31-37)11-18-9-10-19(27)12-21(18)28/h5-10,12,14,20,37H,2-4,11,13,15H2,1H3,(H,30,34)(H,31,33)(H,35,36)/t20-/m1/s1. The fourth-order valence-corrected chi connectivity index (χ4v) is 4.38. The monoisotopic (exact) mass is 546 g/mol. The zero-order valence-corrected chi connectivity index (χ0v) is 21.7. The molecule has 11 heteroatoms. The number of benzene rings is 2. The minimum absolute atomic E-state index is 0.171. The molecule has 196 valence electrons. The van der Waals surface area contributed by atoms with Crippen LogP contribution in [0.25, 0.3) is 0 Å². The van der Waals surface area contributed by atoms with Gasteiger partial charge in [-0.2, -0.15) is 0 Å². The Morgan fingerprint density at radius 2 is 1.84 bits per heavy atom. The molecule has 2 aromatic carbocycles. The van der Waals surface area contributed by atoms with Crippen molar-refractivity contribution in [2.24, 2.45) is 0 Å². The van der Waals surface area contributed by atoms with Gasteiger partial charge in [0.1, 0.15) is 11.5 Å². The van der Waals surface area contributed by atoms with E-state index in [4.69, 9.17) is 33.5 Å². The Labute approximate surface area is 224 Å². The van der Waals surface area contributed by atoms with E-state index in [9.17, 15) is 14.4 Å². The molecule has 0 fully saturated rings. The van der Waals surface area contributed by atoms with Crippen molar-refractivity contribution in [1.29, 1.82) is 0 Å². The summed E-state index contributed by atoms with van der Waals surface area (Å²) in [5.41, 5.74) is 3.55. The van der Waals surface area contributed by atoms with Crippen molar-refractivity contribution in [3.63, 3.8) is 0 Å². The smallest absolute Gasteiger partial charge is 0.335 e. The highest BCUT2D eigenvalue weighted by Gasteiger charge is 2.23. The number of carboxylic acids is 1. The van der Waals surface area contributed by atoms with E-state index >= 15 is 0 Å². The van der Waals surface area contributed by atoms with Crippen LogP contribution >= 0.6 is 23.2 Å². The van der Waals surface area contributed by atoms with E-state index in [0.717, 1.165) is 24.2 Å². The highest BCUT2D eigenvalue weighted by Crippen LogP contribution is 2.23. The van der Waals surface area contributed by atoms with Gasteiger partial charge in [0.15, 0.2) is 0 Å². The number of hydroxylamine groups is 1. The summed E-state index contributed by atoms with van der Waals surface area (Å²) in [5, 5.41) is 21.9. The maximum Gasteiger partial charge on any atom is 0.335 e. The van der Waals surface area contributed by atoms with E-state index in [-0.39, 0.29) is 18.4 Å². The zero-order valence-electron chi connectivity index (χ0n) is 20.2. The van der Waals surface area contributed by atoms with Crippen LogP contribution in [0.2, 0.25) is 10.0 Å². The molecule has 1 atom stereocenters. The fourth-order valence-electron chi connectivity index (χ4n) is 3.90. The quantitative estimate of drug-likeness (QED) is 0.195. The molecular formula is C26H28Cl2N4O5. The lowest BCUT2D eigenvalue weighted by molar-refractivity contribution is -0.129. The molecule has 0 unspecified atom stereocenters. The topological polar surface area (TPSA) is 134 Å². The third-order valence-corrected chi connectivity index (χ3v) is 6.43. The maximum absolute atomic E-state index is 13.4. The van der Waals surface area contributed by atoms with E-state index in [2.05, 4.69) is 17.2 Å². The largest absolute Gasteiger partial charge is 0.478 e.